The number of carbonyl (C=O) groups excluding carboxylic acids is 3. The molecule has 0 bridgehead atoms. The van der Waals surface area contributed by atoms with E-state index in [1.54, 1.807) is 0 Å². The van der Waals surface area contributed by atoms with Crippen LogP contribution in [0.1, 0.15) is 59.3 Å². The van der Waals surface area contributed by atoms with E-state index in [1.807, 2.05) is 13.8 Å². The lowest BCUT2D eigenvalue weighted by molar-refractivity contribution is -0.139. The Morgan fingerprint density at radius 2 is 1.55 bits per heavy atom. The molecular weight excluding hydrogens is 256 g/mol. The van der Waals surface area contributed by atoms with Crippen molar-refractivity contribution in [3.05, 3.63) is 0 Å². The minimum absolute atomic E-state index is 0.0128. The maximum absolute atomic E-state index is 11.8. The van der Waals surface area contributed by atoms with E-state index in [-0.39, 0.29) is 29.7 Å². The lowest BCUT2D eigenvalue weighted by Crippen LogP contribution is -2.45. The van der Waals surface area contributed by atoms with E-state index in [0.717, 1.165) is 32.1 Å². The average Bonchev–Trinajstić information content (AvgIpc) is 2.40. The van der Waals surface area contributed by atoms with Crippen molar-refractivity contribution < 1.29 is 14.4 Å². The maximum Gasteiger partial charge on any atom is 0.287 e. The topological polar surface area (TPSA) is 75.3 Å². The van der Waals surface area contributed by atoms with Crippen molar-refractivity contribution in [3.8, 4) is 0 Å². The molecule has 0 aromatic rings. The first-order valence-electron chi connectivity index (χ1n) is 7.53. The summed E-state index contributed by atoms with van der Waals surface area (Å²) in [5, 5.41) is 5.71. The van der Waals surface area contributed by atoms with Gasteiger partial charge in [0.05, 0.1) is 0 Å². The third kappa shape index (κ3) is 5.72. The Morgan fingerprint density at radius 3 is 2.00 bits per heavy atom. The van der Waals surface area contributed by atoms with E-state index in [4.69, 9.17) is 0 Å². The zero-order chi connectivity index (χ0) is 15.1. The molecule has 5 heteroatoms. The molecule has 1 aliphatic rings. The summed E-state index contributed by atoms with van der Waals surface area (Å²) >= 11 is 0. The summed E-state index contributed by atoms with van der Waals surface area (Å²) in [5.41, 5.74) is 0. The summed E-state index contributed by atoms with van der Waals surface area (Å²) in [6.45, 7) is 5.50. The van der Waals surface area contributed by atoms with Gasteiger partial charge < -0.3 is 10.6 Å². The molecule has 0 spiro atoms. The van der Waals surface area contributed by atoms with Crippen LogP contribution < -0.4 is 10.6 Å². The average molecular weight is 282 g/mol. The van der Waals surface area contributed by atoms with E-state index in [9.17, 15) is 14.4 Å². The number of Topliss-reactive ketones (excluding diaryl/α,β-unsaturated/α-hetero) is 1. The van der Waals surface area contributed by atoms with Crippen molar-refractivity contribution in [1.82, 2.24) is 10.6 Å². The second kappa shape index (κ2) is 8.02. The Morgan fingerprint density at radius 1 is 1.05 bits per heavy atom. The van der Waals surface area contributed by atoms with Crippen molar-refractivity contribution in [2.45, 2.75) is 71.4 Å². The predicted molar refractivity (Wildman–Crippen MR) is 77.1 cm³/mol. The van der Waals surface area contributed by atoms with E-state index in [0.29, 0.717) is 6.42 Å². The molecule has 0 radical (unpaired) electrons. The van der Waals surface area contributed by atoms with Crippen LogP contribution in [0.2, 0.25) is 0 Å². The van der Waals surface area contributed by atoms with Crippen molar-refractivity contribution in [1.29, 1.82) is 0 Å². The first-order chi connectivity index (χ1) is 9.42. The molecule has 0 aromatic heterocycles. The summed E-state index contributed by atoms with van der Waals surface area (Å²) in [6, 6.07) is 0.268. The summed E-state index contributed by atoms with van der Waals surface area (Å²) in [5.74, 6) is -0.526. The molecule has 5 nitrogen and oxygen atoms in total. The molecule has 1 fully saturated rings. The van der Waals surface area contributed by atoms with Gasteiger partial charge in [0.15, 0.2) is 0 Å². The standard InChI is InChI=1S/C15H26N2O3/c1-4-10(2)9-14(19)15(20)17-13-7-5-12(6-8-13)16-11(3)18/h10,12-13H,4-9H2,1-3H3,(H,16,18)(H,17,20). The molecule has 1 saturated carbocycles. The van der Waals surface area contributed by atoms with Crippen molar-refractivity contribution in [3.63, 3.8) is 0 Å². The number of carbonyl (C=O) groups is 3. The normalized spacial score (nSPS) is 23.8. The van der Waals surface area contributed by atoms with E-state index >= 15 is 0 Å². The first kappa shape index (κ1) is 16.7. The van der Waals surface area contributed by atoms with Gasteiger partial charge in [0.25, 0.3) is 5.91 Å². The van der Waals surface area contributed by atoms with Crippen molar-refractivity contribution in [2.75, 3.05) is 0 Å². The number of hydrogen-bond acceptors (Lipinski definition) is 3. The van der Waals surface area contributed by atoms with Crippen LogP contribution in [0, 0.1) is 5.92 Å². The summed E-state index contributed by atoms with van der Waals surface area (Å²) in [7, 11) is 0. The van der Waals surface area contributed by atoms with Gasteiger partial charge in [-0.05, 0) is 31.6 Å². The van der Waals surface area contributed by atoms with Gasteiger partial charge in [-0.3, -0.25) is 14.4 Å². The number of amides is 2. The number of hydrogen-bond donors (Lipinski definition) is 2. The lowest BCUT2D eigenvalue weighted by atomic mass is 9.91. The Balaban J connectivity index is 2.30. The quantitative estimate of drug-likeness (QED) is 0.726. The molecule has 20 heavy (non-hydrogen) atoms. The minimum Gasteiger partial charge on any atom is -0.354 e. The molecule has 1 unspecified atom stereocenters. The Hall–Kier alpha value is -1.39. The Bertz CT molecular complexity index is 360. The zero-order valence-corrected chi connectivity index (χ0v) is 12.7. The van der Waals surface area contributed by atoms with Crippen molar-refractivity contribution >= 4 is 17.6 Å². The fourth-order valence-corrected chi connectivity index (χ4v) is 2.49. The molecule has 114 valence electrons. The number of nitrogens with one attached hydrogen (secondary N) is 2. The molecule has 2 amide bonds. The third-order valence-corrected chi connectivity index (χ3v) is 3.95. The predicted octanol–water partition coefficient (Wildman–Crippen LogP) is 1.56. The molecule has 1 aliphatic carbocycles. The van der Waals surface area contributed by atoms with Crippen LogP contribution in [-0.4, -0.2) is 29.7 Å². The van der Waals surface area contributed by atoms with Crippen LogP contribution in [0.25, 0.3) is 0 Å². The third-order valence-electron chi connectivity index (χ3n) is 3.95. The summed E-state index contributed by atoms with van der Waals surface area (Å²) in [4.78, 5) is 34.5. The van der Waals surface area contributed by atoms with Gasteiger partial charge in [-0.25, -0.2) is 0 Å². The van der Waals surface area contributed by atoms with Crippen molar-refractivity contribution in [2.24, 2.45) is 5.92 Å². The molecule has 1 atom stereocenters. The lowest BCUT2D eigenvalue weighted by Gasteiger charge is -2.29. The molecule has 0 aromatic carbocycles. The second-order valence-electron chi connectivity index (χ2n) is 5.86. The highest BCUT2D eigenvalue weighted by Crippen LogP contribution is 2.18. The smallest absolute Gasteiger partial charge is 0.287 e. The molecule has 1 rings (SSSR count). The van der Waals surface area contributed by atoms with Crippen LogP contribution in [-0.2, 0) is 14.4 Å². The first-order valence-corrected chi connectivity index (χ1v) is 7.53. The molecule has 0 saturated heterocycles. The van der Waals surface area contributed by atoms with Gasteiger partial charge in [-0.1, -0.05) is 20.3 Å². The highest BCUT2D eigenvalue weighted by Gasteiger charge is 2.25. The number of ketones is 1. The van der Waals surface area contributed by atoms with Gasteiger partial charge in [-0.2, -0.15) is 0 Å². The molecular formula is C15H26N2O3. The Kier molecular flexibility index (Phi) is 6.68. The van der Waals surface area contributed by atoms with E-state index in [1.165, 1.54) is 6.92 Å². The largest absolute Gasteiger partial charge is 0.354 e. The fraction of sp³-hybridized carbons (Fsp3) is 0.800. The van der Waals surface area contributed by atoms with Gasteiger partial charge in [0.1, 0.15) is 0 Å². The highest BCUT2D eigenvalue weighted by molar-refractivity contribution is 6.36. The molecule has 0 heterocycles. The van der Waals surface area contributed by atoms with Crippen LogP contribution >= 0.6 is 0 Å². The zero-order valence-electron chi connectivity index (χ0n) is 12.7. The SMILES string of the molecule is CCC(C)CC(=O)C(=O)NC1CCC(NC(C)=O)CC1. The van der Waals surface area contributed by atoms with Crippen LogP contribution in [0.5, 0.6) is 0 Å². The van der Waals surface area contributed by atoms with Gasteiger partial charge in [0, 0.05) is 25.4 Å². The highest BCUT2D eigenvalue weighted by atomic mass is 16.2. The molecule has 2 N–H and O–H groups in total. The van der Waals surface area contributed by atoms with E-state index < -0.39 is 5.91 Å². The van der Waals surface area contributed by atoms with Crippen LogP contribution in [0.3, 0.4) is 0 Å². The second-order valence-corrected chi connectivity index (χ2v) is 5.86. The Labute approximate surface area is 120 Å². The van der Waals surface area contributed by atoms with Gasteiger partial charge in [0.2, 0.25) is 11.7 Å². The van der Waals surface area contributed by atoms with Gasteiger partial charge >= 0.3 is 0 Å². The minimum atomic E-state index is -0.451. The monoisotopic (exact) mass is 282 g/mol. The van der Waals surface area contributed by atoms with Crippen LogP contribution in [0.4, 0.5) is 0 Å². The maximum atomic E-state index is 11.8. The van der Waals surface area contributed by atoms with Crippen LogP contribution in [0.15, 0.2) is 0 Å². The fourth-order valence-electron chi connectivity index (χ4n) is 2.49. The summed E-state index contributed by atoms with van der Waals surface area (Å²) in [6.07, 6.45) is 4.55. The molecule has 0 aliphatic heterocycles. The van der Waals surface area contributed by atoms with Gasteiger partial charge in [-0.15, -0.1) is 0 Å². The van der Waals surface area contributed by atoms with E-state index in [2.05, 4.69) is 10.6 Å². The summed E-state index contributed by atoms with van der Waals surface area (Å²) < 4.78 is 0. The number of rotatable bonds is 6.